The molecule has 2 heterocycles. The Morgan fingerprint density at radius 2 is 2.12 bits per heavy atom. The van der Waals surface area contributed by atoms with Crippen LogP contribution < -0.4 is 15.8 Å². The van der Waals surface area contributed by atoms with Crippen LogP contribution in [-0.2, 0) is 4.79 Å². The second-order valence-corrected chi connectivity index (χ2v) is 9.19. The first-order valence-corrected chi connectivity index (χ1v) is 11.2. The van der Waals surface area contributed by atoms with Crippen molar-refractivity contribution in [2.45, 2.75) is 26.3 Å². The van der Waals surface area contributed by atoms with Crippen LogP contribution in [0.2, 0.25) is 0 Å². The smallest absolute Gasteiger partial charge is 0.223 e. The lowest BCUT2D eigenvalue weighted by molar-refractivity contribution is -0.122. The van der Waals surface area contributed by atoms with Crippen LogP contribution in [0.3, 0.4) is 0 Å². The minimum Gasteiger partial charge on any atom is -0.493 e. The lowest BCUT2D eigenvalue weighted by Gasteiger charge is -2.28. The quantitative estimate of drug-likeness (QED) is 0.479. The maximum absolute atomic E-state index is 12.2. The molecule has 3 aromatic rings. The first-order chi connectivity index (χ1) is 16.0. The lowest BCUT2D eigenvalue weighted by Crippen LogP contribution is -2.41. The summed E-state index contributed by atoms with van der Waals surface area (Å²) in [5.74, 6) is 1.40. The third-order valence-corrected chi connectivity index (χ3v) is 6.45. The van der Waals surface area contributed by atoms with Gasteiger partial charge in [0.15, 0.2) is 5.65 Å². The molecule has 0 aliphatic heterocycles. The van der Waals surface area contributed by atoms with Crippen LogP contribution in [0.15, 0.2) is 42.6 Å². The number of aromatic nitrogens is 3. The minimum atomic E-state index is -0.324. The molecule has 2 bridgehead atoms. The number of anilines is 1. The molecule has 0 saturated heterocycles. The number of H-pyrrole nitrogens is 1. The predicted molar refractivity (Wildman–Crippen MR) is 125 cm³/mol. The Labute approximate surface area is 191 Å². The highest BCUT2D eigenvalue weighted by Gasteiger charge is 2.47. The van der Waals surface area contributed by atoms with Crippen molar-refractivity contribution in [2.75, 3.05) is 11.9 Å². The van der Waals surface area contributed by atoms with E-state index in [4.69, 9.17) is 10.5 Å². The Hall–Kier alpha value is -3.86. The SMILES string of the molecule is CC(C)COc1ccccc1-c1nc2ncc(C#N)c(N[C@H]3[C@@H](C(N)=O)[C@@H]4C=C[C@H]3C4)c2[nH]1. The molecule has 8 heteroatoms. The number of nitrogens with two attached hydrogens (primary N) is 1. The summed E-state index contributed by atoms with van der Waals surface area (Å²) >= 11 is 0. The van der Waals surface area contributed by atoms with Crippen molar-refractivity contribution >= 4 is 22.8 Å². The standard InChI is InChI=1S/C25H26N6O2/c1-13(2)12-33-18-6-4-3-5-17(18)24-30-22-21(16(10-26)11-28-25(22)31-24)29-20-15-8-7-14(9-15)19(20)23(27)32/h3-8,11,13-15,19-20H,9,12H2,1-2H3,(H2,27,32)(H2,28,29,30,31)/t14-,15+,19+,20-/m1/s1. The van der Waals surface area contributed by atoms with Gasteiger partial charge in [-0.3, -0.25) is 4.79 Å². The summed E-state index contributed by atoms with van der Waals surface area (Å²) in [7, 11) is 0. The molecule has 0 spiro atoms. The number of hydrogen-bond donors (Lipinski definition) is 3. The molecule has 1 amide bonds. The van der Waals surface area contributed by atoms with Crippen molar-refractivity contribution in [1.82, 2.24) is 15.0 Å². The Kier molecular flexibility index (Phi) is 5.25. The Bertz CT molecular complexity index is 1290. The van der Waals surface area contributed by atoms with E-state index in [2.05, 4.69) is 52.3 Å². The number of benzene rings is 1. The molecule has 4 atom stereocenters. The number of carbonyl (C=O) groups is 1. The van der Waals surface area contributed by atoms with Gasteiger partial charge in [0.05, 0.1) is 29.3 Å². The van der Waals surface area contributed by atoms with E-state index in [0.717, 1.165) is 17.7 Å². The fourth-order valence-corrected chi connectivity index (χ4v) is 4.94. The van der Waals surface area contributed by atoms with E-state index in [-0.39, 0.29) is 29.7 Å². The van der Waals surface area contributed by atoms with E-state index < -0.39 is 0 Å². The minimum absolute atomic E-state index is 0.134. The first-order valence-electron chi connectivity index (χ1n) is 11.2. The van der Waals surface area contributed by atoms with E-state index in [1.54, 1.807) is 0 Å². The van der Waals surface area contributed by atoms with E-state index >= 15 is 0 Å². The van der Waals surface area contributed by atoms with Gasteiger partial charge in [-0.25, -0.2) is 9.97 Å². The maximum atomic E-state index is 12.2. The first kappa shape index (κ1) is 21.0. The number of rotatable bonds is 7. The fourth-order valence-electron chi connectivity index (χ4n) is 4.94. The van der Waals surface area contributed by atoms with Crippen molar-refractivity contribution in [3.8, 4) is 23.2 Å². The molecule has 2 aromatic heterocycles. The molecule has 33 heavy (non-hydrogen) atoms. The average Bonchev–Trinajstić information content (AvgIpc) is 3.52. The van der Waals surface area contributed by atoms with Crippen molar-refractivity contribution < 1.29 is 9.53 Å². The van der Waals surface area contributed by atoms with Gasteiger partial charge in [0.1, 0.15) is 23.2 Å². The van der Waals surface area contributed by atoms with Gasteiger partial charge >= 0.3 is 0 Å². The number of primary amides is 1. The number of pyridine rings is 1. The molecule has 8 nitrogen and oxygen atoms in total. The number of nitriles is 1. The van der Waals surface area contributed by atoms with Gasteiger partial charge in [0.25, 0.3) is 0 Å². The summed E-state index contributed by atoms with van der Waals surface area (Å²) in [6, 6.07) is 9.74. The summed E-state index contributed by atoms with van der Waals surface area (Å²) in [4.78, 5) is 24.6. The predicted octanol–water partition coefficient (Wildman–Crippen LogP) is 3.62. The summed E-state index contributed by atoms with van der Waals surface area (Å²) in [6.07, 6.45) is 6.61. The Balaban J connectivity index is 1.56. The third-order valence-electron chi connectivity index (χ3n) is 6.45. The molecular weight excluding hydrogens is 416 g/mol. The molecule has 0 unspecified atom stereocenters. The molecule has 168 valence electrons. The summed E-state index contributed by atoms with van der Waals surface area (Å²) in [6.45, 7) is 4.78. The second kappa shape index (κ2) is 8.24. The Morgan fingerprint density at radius 1 is 1.33 bits per heavy atom. The van der Waals surface area contributed by atoms with E-state index in [0.29, 0.717) is 40.8 Å². The number of ether oxygens (including phenoxy) is 1. The van der Waals surface area contributed by atoms with Crippen molar-refractivity contribution in [2.24, 2.45) is 29.4 Å². The normalized spacial score (nSPS) is 23.2. The second-order valence-electron chi connectivity index (χ2n) is 9.19. The molecular formula is C25H26N6O2. The highest BCUT2D eigenvalue weighted by atomic mass is 16.5. The van der Waals surface area contributed by atoms with Gasteiger partial charge in [-0.1, -0.05) is 38.1 Å². The van der Waals surface area contributed by atoms with Crippen LogP contribution in [0.5, 0.6) is 5.75 Å². The molecule has 1 fully saturated rings. The van der Waals surface area contributed by atoms with Crippen molar-refractivity contribution in [1.29, 1.82) is 5.26 Å². The van der Waals surface area contributed by atoms with Crippen molar-refractivity contribution in [3.63, 3.8) is 0 Å². The number of allylic oxidation sites excluding steroid dienone is 1. The molecule has 2 aliphatic rings. The number of imidazole rings is 1. The summed E-state index contributed by atoms with van der Waals surface area (Å²) < 4.78 is 6.00. The average molecular weight is 443 g/mol. The highest BCUT2D eigenvalue weighted by Crippen LogP contribution is 2.45. The zero-order chi connectivity index (χ0) is 23.1. The van der Waals surface area contributed by atoms with Gasteiger partial charge in [-0.2, -0.15) is 5.26 Å². The largest absolute Gasteiger partial charge is 0.493 e. The van der Waals surface area contributed by atoms with Gasteiger partial charge in [0.2, 0.25) is 5.91 Å². The number of amides is 1. The van der Waals surface area contributed by atoms with Crippen LogP contribution in [0, 0.1) is 35.0 Å². The fraction of sp³-hybridized carbons (Fsp3) is 0.360. The molecule has 0 radical (unpaired) electrons. The van der Waals surface area contributed by atoms with Gasteiger partial charge < -0.3 is 20.8 Å². The van der Waals surface area contributed by atoms with Crippen LogP contribution in [0.4, 0.5) is 5.69 Å². The number of para-hydroxylation sites is 1. The van der Waals surface area contributed by atoms with Crippen molar-refractivity contribution in [3.05, 3.63) is 48.2 Å². The summed E-state index contributed by atoms with van der Waals surface area (Å²) in [5.41, 5.74) is 8.64. The highest BCUT2D eigenvalue weighted by molar-refractivity contribution is 5.92. The molecule has 2 aliphatic carbocycles. The number of nitrogens with one attached hydrogen (secondary N) is 2. The van der Waals surface area contributed by atoms with Gasteiger partial charge in [-0.05, 0) is 36.3 Å². The number of aromatic amines is 1. The zero-order valence-corrected chi connectivity index (χ0v) is 18.6. The van der Waals surface area contributed by atoms with Gasteiger partial charge in [-0.15, -0.1) is 0 Å². The number of nitrogens with zero attached hydrogens (tertiary/aromatic N) is 3. The van der Waals surface area contributed by atoms with Crippen LogP contribution in [-0.4, -0.2) is 33.5 Å². The maximum Gasteiger partial charge on any atom is 0.223 e. The Morgan fingerprint density at radius 3 is 2.88 bits per heavy atom. The zero-order valence-electron chi connectivity index (χ0n) is 18.6. The summed E-state index contributed by atoms with van der Waals surface area (Å²) in [5, 5.41) is 13.2. The molecule has 1 aromatic carbocycles. The third kappa shape index (κ3) is 3.69. The van der Waals surface area contributed by atoms with Crippen LogP contribution in [0.1, 0.15) is 25.8 Å². The molecule has 5 rings (SSSR count). The molecule has 1 saturated carbocycles. The molecule has 4 N–H and O–H groups in total. The monoisotopic (exact) mass is 442 g/mol. The van der Waals surface area contributed by atoms with Crippen LogP contribution >= 0.6 is 0 Å². The number of hydrogen-bond acceptors (Lipinski definition) is 6. The number of carbonyl (C=O) groups excluding carboxylic acids is 1. The van der Waals surface area contributed by atoms with Gasteiger partial charge in [0, 0.05) is 12.2 Å². The number of fused-ring (bicyclic) bond motifs is 3. The lowest BCUT2D eigenvalue weighted by atomic mass is 9.88. The topological polar surface area (TPSA) is 130 Å². The van der Waals surface area contributed by atoms with E-state index in [1.807, 2.05) is 24.3 Å². The van der Waals surface area contributed by atoms with Crippen LogP contribution in [0.25, 0.3) is 22.6 Å². The van der Waals surface area contributed by atoms with E-state index in [9.17, 15) is 10.1 Å². The van der Waals surface area contributed by atoms with E-state index in [1.165, 1.54) is 6.20 Å².